The average Bonchev–Trinajstić information content (AvgIpc) is 3.04. The molecule has 1 aromatic carbocycles. The van der Waals surface area contributed by atoms with Gasteiger partial charge in [0, 0.05) is 11.1 Å². The van der Waals surface area contributed by atoms with E-state index in [2.05, 4.69) is 29.1 Å². The van der Waals surface area contributed by atoms with E-state index in [4.69, 9.17) is 4.74 Å². The molecule has 3 aromatic rings. The Morgan fingerprint density at radius 3 is 2.90 bits per heavy atom. The summed E-state index contributed by atoms with van der Waals surface area (Å²) in [6.07, 6.45) is 1.91. The van der Waals surface area contributed by atoms with Crippen LogP contribution in [-0.2, 0) is 0 Å². The van der Waals surface area contributed by atoms with E-state index in [0.29, 0.717) is 6.61 Å². The maximum atomic E-state index is 5.53. The minimum atomic E-state index is 0.163. The fourth-order valence-electron chi connectivity index (χ4n) is 2.04. The normalized spacial score (nSPS) is 12.5. The molecule has 3 rings (SSSR count). The number of nitrogens with zero attached hydrogens (tertiary/aromatic N) is 2. The summed E-state index contributed by atoms with van der Waals surface area (Å²) in [4.78, 5) is 10.3. The first-order valence-corrected chi connectivity index (χ1v) is 8.51. The highest BCUT2D eigenvalue weighted by Gasteiger charge is 2.12. The van der Waals surface area contributed by atoms with Gasteiger partial charge in [0.1, 0.15) is 10.8 Å². The molecular weight excluding hydrogens is 302 g/mol. The van der Waals surface area contributed by atoms with Gasteiger partial charge in [-0.25, -0.2) is 9.97 Å². The van der Waals surface area contributed by atoms with E-state index < -0.39 is 0 Å². The SMILES string of the molecule is CCOc1ccc2nc(NC(C)c3ncc(C)s3)sc2c1. The third-order valence-electron chi connectivity index (χ3n) is 3.02. The van der Waals surface area contributed by atoms with Crippen LogP contribution in [0.1, 0.15) is 29.8 Å². The number of aryl methyl sites for hydroxylation is 1. The van der Waals surface area contributed by atoms with Crippen molar-refractivity contribution in [2.75, 3.05) is 11.9 Å². The van der Waals surface area contributed by atoms with Crippen molar-refractivity contribution < 1.29 is 4.74 Å². The van der Waals surface area contributed by atoms with Crippen molar-refractivity contribution in [3.05, 3.63) is 34.3 Å². The third-order valence-corrected chi connectivity index (χ3v) is 5.07. The number of thiazole rings is 2. The van der Waals surface area contributed by atoms with Crippen LogP contribution >= 0.6 is 22.7 Å². The van der Waals surface area contributed by atoms with Gasteiger partial charge < -0.3 is 10.1 Å². The lowest BCUT2D eigenvalue weighted by Gasteiger charge is -2.08. The van der Waals surface area contributed by atoms with Gasteiger partial charge in [-0.05, 0) is 39.0 Å². The molecule has 1 unspecified atom stereocenters. The molecule has 110 valence electrons. The average molecular weight is 319 g/mol. The second kappa shape index (κ2) is 5.99. The van der Waals surface area contributed by atoms with Crippen LogP contribution in [0.15, 0.2) is 24.4 Å². The molecule has 6 heteroatoms. The first kappa shape index (κ1) is 14.3. The molecule has 1 N–H and O–H groups in total. The lowest BCUT2D eigenvalue weighted by Crippen LogP contribution is -2.05. The number of hydrogen-bond donors (Lipinski definition) is 1. The first-order valence-electron chi connectivity index (χ1n) is 6.88. The number of benzene rings is 1. The second-order valence-corrected chi connectivity index (χ2v) is 7.05. The summed E-state index contributed by atoms with van der Waals surface area (Å²) in [7, 11) is 0. The molecule has 0 bridgehead atoms. The molecule has 1 atom stereocenters. The van der Waals surface area contributed by atoms with Gasteiger partial charge in [-0.15, -0.1) is 11.3 Å². The topological polar surface area (TPSA) is 47.0 Å². The molecule has 0 aliphatic carbocycles. The van der Waals surface area contributed by atoms with E-state index in [0.717, 1.165) is 26.1 Å². The summed E-state index contributed by atoms with van der Waals surface area (Å²) in [5.74, 6) is 0.892. The molecule has 0 saturated carbocycles. The minimum absolute atomic E-state index is 0.163. The minimum Gasteiger partial charge on any atom is -0.494 e. The van der Waals surface area contributed by atoms with Crippen molar-refractivity contribution in [3.8, 4) is 5.75 Å². The fourth-order valence-corrected chi connectivity index (χ4v) is 3.80. The Balaban J connectivity index is 1.80. The van der Waals surface area contributed by atoms with Crippen molar-refractivity contribution in [2.45, 2.75) is 26.8 Å². The highest BCUT2D eigenvalue weighted by molar-refractivity contribution is 7.22. The number of ether oxygens (including phenoxy) is 1. The Morgan fingerprint density at radius 1 is 1.33 bits per heavy atom. The smallest absolute Gasteiger partial charge is 0.184 e. The van der Waals surface area contributed by atoms with Gasteiger partial charge in [-0.1, -0.05) is 11.3 Å². The van der Waals surface area contributed by atoms with Crippen molar-refractivity contribution in [2.24, 2.45) is 0 Å². The zero-order valence-corrected chi connectivity index (χ0v) is 13.8. The van der Waals surface area contributed by atoms with Gasteiger partial charge >= 0.3 is 0 Å². The zero-order valence-electron chi connectivity index (χ0n) is 12.2. The molecule has 0 saturated heterocycles. The lowest BCUT2D eigenvalue weighted by molar-refractivity contribution is 0.341. The Labute approximate surface area is 131 Å². The van der Waals surface area contributed by atoms with Crippen LogP contribution in [-0.4, -0.2) is 16.6 Å². The maximum absolute atomic E-state index is 5.53. The van der Waals surface area contributed by atoms with Crippen LogP contribution in [0.5, 0.6) is 5.75 Å². The molecule has 21 heavy (non-hydrogen) atoms. The number of fused-ring (bicyclic) bond motifs is 1. The van der Waals surface area contributed by atoms with E-state index in [1.165, 1.54) is 4.88 Å². The van der Waals surface area contributed by atoms with E-state index in [9.17, 15) is 0 Å². The Hall–Kier alpha value is -1.66. The summed E-state index contributed by atoms with van der Waals surface area (Å²) in [5, 5.41) is 5.43. The highest BCUT2D eigenvalue weighted by atomic mass is 32.1. The third kappa shape index (κ3) is 3.16. The predicted octanol–water partition coefficient (Wildman–Crippen LogP) is 4.63. The van der Waals surface area contributed by atoms with E-state index in [1.54, 1.807) is 22.7 Å². The standard InChI is InChI=1S/C15H17N3OS2/c1-4-19-11-5-6-12-13(7-11)21-15(18-12)17-10(3)14-16-8-9(2)20-14/h5-8,10H,4H2,1-3H3,(H,17,18). The predicted molar refractivity (Wildman–Crippen MR) is 89.7 cm³/mol. The van der Waals surface area contributed by atoms with Crippen LogP contribution in [0.25, 0.3) is 10.2 Å². The molecule has 4 nitrogen and oxygen atoms in total. The number of rotatable bonds is 5. The van der Waals surface area contributed by atoms with Crippen LogP contribution in [0.4, 0.5) is 5.13 Å². The van der Waals surface area contributed by atoms with E-state index >= 15 is 0 Å². The van der Waals surface area contributed by atoms with Crippen molar-refractivity contribution >= 4 is 38.0 Å². The van der Waals surface area contributed by atoms with Crippen LogP contribution < -0.4 is 10.1 Å². The molecule has 0 aliphatic heterocycles. The largest absolute Gasteiger partial charge is 0.494 e. The number of anilines is 1. The molecule has 0 aliphatic rings. The monoisotopic (exact) mass is 319 g/mol. The second-order valence-electron chi connectivity index (χ2n) is 4.76. The number of hydrogen-bond acceptors (Lipinski definition) is 6. The fraction of sp³-hybridized carbons (Fsp3) is 0.333. The van der Waals surface area contributed by atoms with Crippen molar-refractivity contribution in [1.82, 2.24) is 9.97 Å². The number of aromatic nitrogens is 2. The number of nitrogens with one attached hydrogen (secondary N) is 1. The lowest BCUT2D eigenvalue weighted by atomic mass is 10.3. The Kier molecular flexibility index (Phi) is 4.07. The summed E-state index contributed by atoms with van der Waals surface area (Å²) in [5.41, 5.74) is 0.994. The molecule has 2 aromatic heterocycles. The molecule has 0 fully saturated rings. The van der Waals surface area contributed by atoms with Crippen molar-refractivity contribution in [3.63, 3.8) is 0 Å². The molecule has 2 heterocycles. The van der Waals surface area contributed by atoms with Gasteiger partial charge in [0.15, 0.2) is 5.13 Å². The van der Waals surface area contributed by atoms with Crippen molar-refractivity contribution in [1.29, 1.82) is 0 Å². The summed E-state index contributed by atoms with van der Waals surface area (Å²) >= 11 is 3.36. The van der Waals surface area contributed by atoms with Gasteiger partial charge in [0.2, 0.25) is 0 Å². The summed E-state index contributed by atoms with van der Waals surface area (Å²) in [6.45, 7) is 6.84. The van der Waals surface area contributed by atoms with Gasteiger partial charge in [-0.3, -0.25) is 0 Å². The quantitative estimate of drug-likeness (QED) is 0.744. The molecule has 0 radical (unpaired) electrons. The van der Waals surface area contributed by atoms with Crippen LogP contribution in [0.2, 0.25) is 0 Å². The summed E-state index contributed by atoms with van der Waals surface area (Å²) < 4.78 is 6.66. The van der Waals surface area contributed by atoms with Crippen LogP contribution in [0.3, 0.4) is 0 Å². The first-order chi connectivity index (χ1) is 10.2. The van der Waals surface area contributed by atoms with E-state index in [-0.39, 0.29) is 6.04 Å². The molecule has 0 spiro atoms. The maximum Gasteiger partial charge on any atom is 0.184 e. The zero-order chi connectivity index (χ0) is 14.8. The molecular formula is C15H17N3OS2. The van der Waals surface area contributed by atoms with Crippen LogP contribution in [0, 0.1) is 6.92 Å². The highest BCUT2D eigenvalue weighted by Crippen LogP contribution is 2.31. The van der Waals surface area contributed by atoms with Gasteiger partial charge in [-0.2, -0.15) is 0 Å². The Morgan fingerprint density at radius 2 is 2.19 bits per heavy atom. The van der Waals surface area contributed by atoms with E-state index in [1.807, 2.05) is 31.3 Å². The summed E-state index contributed by atoms with van der Waals surface area (Å²) in [6, 6.07) is 6.17. The Bertz CT molecular complexity index is 750. The van der Waals surface area contributed by atoms with Gasteiger partial charge in [0.05, 0.1) is 22.9 Å². The van der Waals surface area contributed by atoms with Gasteiger partial charge in [0.25, 0.3) is 0 Å². The molecule has 0 amide bonds.